The monoisotopic (exact) mass is 232 g/mol. The van der Waals surface area contributed by atoms with Crippen LogP contribution in [0, 0.1) is 6.92 Å². The van der Waals surface area contributed by atoms with Crippen molar-refractivity contribution in [2.75, 3.05) is 6.26 Å². The van der Waals surface area contributed by atoms with Crippen molar-refractivity contribution in [1.82, 2.24) is 0 Å². The molecule has 1 atom stereocenters. The average molecular weight is 233 g/mol. The molecule has 1 unspecified atom stereocenters. The molecular formula is C8H9BrOS. The van der Waals surface area contributed by atoms with Crippen molar-refractivity contribution in [3.8, 4) is 0 Å². The third-order valence-electron chi connectivity index (χ3n) is 1.46. The van der Waals surface area contributed by atoms with Crippen LogP contribution >= 0.6 is 15.9 Å². The molecule has 1 aromatic rings. The Morgan fingerprint density at radius 2 is 2.09 bits per heavy atom. The highest BCUT2D eigenvalue weighted by atomic mass is 79.9. The zero-order valence-corrected chi connectivity index (χ0v) is 8.83. The SMILES string of the molecule is Cc1cc(S(C)=O)ccc1Br. The van der Waals surface area contributed by atoms with Gasteiger partial charge in [-0.05, 0) is 30.7 Å². The predicted molar refractivity (Wildman–Crippen MR) is 51.2 cm³/mol. The maximum atomic E-state index is 11.0. The molecule has 11 heavy (non-hydrogen) atoms. The van der Waals surface area contributed by atoms with Crippen molar-refractivity contribution in [3.63, 3.8) is 0 Å². The van der Waals surface area contributed by atoms with Crippen LogP contribution in [0.4, 0.5) is 0 Å². The second-order valence-electron chi connectivity index (χ2n) is 2.37. The van der Waals surface area contributed by atoms with Gasteiger partial charge in [-0.15, -0.1) is 0 Å². The van der Waals surface area contributed by atoms with Crippen molar-refractivity contribution in [1.29, 1.82) is 0 Å². The standard InChI is InChI=1S/C8H9BrOS/c1-6-5-7(11(2)10)3-4-8(6)9/h3-5H,1-2H3. The number of aryl methyl sites for hydroxylation is 1. The van der Waals surface area contributed by atoms with E-state index in [1.165, 1.54) is 0 Å². The van der Waals surface area contributed by atoms with Crippen LogP contribution in [-0.2, 0) is 10.8 Å². The summed E-state index contributed by atoms with van der Waals surface area (Å²) in [6, 6.07) is 5.72. The molecule has 0 saturated heterocycles. The zero-order valence-electron chi connectivity index (χ0n) is 6.43. The second-order valence-corrected chi connectivity index (χ2v) is 4.60. The first kappa shape index (κ1) is 8.94. The number of benzene rings is 1. The van der Waals surface area contributed by atoms with Gasteiger partial charge in [0.15, 0.2) is 0 Å². The lowest BCUT2D eigenvalue weighted by molar-refractivity contribution is 0.686. The number of hydrogen-bond acceptors (Lipinski definition) is 1. The number of rotatable bonds is 1. The highest BCUT2D eigenvalue weighted by Crippen LogP contribution is 2.18. The van der Waals surface area contributed by atoms with Gasteiger partial charge in [0.05, 0.1) is 0 Å². The van der Waals surface area contributed by atoms with Crippen molar-refractivity contribution in [2.24, 2.45) is 0 Å². The summed E-state index contributed by atoms with van der Waals surface area (Å²) in [5, 5.41) is 0. The van der Waals surface area contributed by atoms with Crippen LogP contribution in [0.3, 0.4) is 0 Å². The van der Waals surface area contributed by atoms with Crippen LogP contribution in [0.2, 0.25) is 0 Å². The molecular weight excluding hydrogens is 224 g/mol. The first-order valence-electron chi connectivity index (χ1n) is 3.21. The molecule has 0 radical (unpaired) electrons. The second kappa shape index (κ2) is 3.50. The highest BCUT2D eigenvalue weighted by molar-refractivity contribution is 9.10. The number of halogens is 1. The Morgan fingerprint density at radius 1 is 1.45 bits per heavy atom. The Kier molecular flexibility index (Phi) is 2.84. The van der Waals surface area contributed by atoms with E-state index in [4.69, 9.17) is 0 Å². The molecule has 3 heteroatoms. The summed E-state index contributed by atoms with van der Waals surface area (Å²) in [4.78, 5) is 0.880. The molecule has 60 valence electrons. The Morgan fingerprint density at radius 3 is 2.55 bits per heavy atom. The van der Waals surface area contributed by atoms with Crippen molar-refractivity contribution >= 4 is 26.7 Å². The van der Waals surface area contributed by atoms with Crippen LogP contribution in [0.15, 0.2) is 27.6 Å². The summed E-state index contributed by atoms with van der Waals surface area (Å²) in [7, 11) is -0.868. The van der Waals surface area contributed by atoms with E-state index in [0.29, 0.717) is 0 Å². The maximum absolute atomic E-state index is 11.0. The molecule has 0 aliphatic rings. The van der Waals surface area contributed by atoms with Crippen LogP contribution in [0.25, 0.3) is 0 Å². The van der Waals surface area contributed by atoms with Crippen LogP contribution in [0.5, 0.6) is 0 Å². The molecule has 0 heterocycles. The van der Waals surface area contributed by atoms with Gasteiger partial charge in [0.1, 0.15) is 0 Å². The first-order valence-corrected chi connectivity index (χ1v) is 5.56. The van der Waals surface area contributed by atoms with Gasteiger partial charge < -0.3 is 0 Å². The van der Waals surface area contributed by atoms with E-state index in [-0.39, 0.29) is 0 Å². The Bertz CT molecular complexity index is 296. The van der Waals surface area contributed by atoms with Crippen molar-refractivity contribution in [3.05, 3.63) is 28.2 Å². The van der Waals surface area contributed by atoms with E-state index in [9.17, 15) is 4.21 Å². The summed E-state index contributed by atoms with van der Waals surface area (Å²) in [6.45, 7) is 1.99. The molecule has 1 aromatic carbocycles. The summed E-state index contributed by atoms with van der Waals surface area (Å²) < 4.78 is 12.1. The largest absolute Gasteiger partial charge is 0.255 e. The first-order chi connectivity index (χ1) is 5.11. The third kappa shape index (κ3) is 2.14. The minimum absolute atomic E-state index is 0.868. The molecule has 0 aromatic heterocycles. The third-order valence-corrected chi connectivity index (χ3v) is 3.27. The minimum atomic E-state index is -0.868. The number of hydrogen-bond donors (Lipinski definition) is 0. The molecule has 0 bridgehead atoms. The summed E-state index contributed by atoms with van der Waals surface area (Å²) >= 11 is 3.38. The van der Waals surface area contributed by atoms with Crippen molar-refractivity contribution in [2.45, 2.75) is 11.8 Å². The van der Waals surface area contributed by atoms with Gasteiger partial charge in [-0.1, -0.05) is 15.9 Å². The van der Waals surface area contributed by atoms with Crippen LogP contribution in [0.1, 0.15) is 5.56 Å². The van der Waals surface area contributed by atoms with Crippen LogP contribution in [-0.4, -0.2) is 10.5 Å². The van der Waals surface area contributed by atoms with Gasteiger partial charge in [0.2, 0.25) is 0 Å². The molecule has 0 spiro atoms. The van der Waals surface area contributed by atoms with E-state index in [1.807, 2.05) is 25.1 Å². The molecule has 1 nitrogen and oxygen atoms in total. The predicted octanol–water partition coefficient (Wildman–Crippen LogP) is 2.49. The van der Waals surface area contributed by atoms with Gasteiger partial charge in [-0.2, -0.15) is 0 Å². The van der Waals surface area contributed by atoms with E-state index < -0.39 is 10.8 Å². The maximum Gasteiger partial charge on any atom is 0.0498 e. The molecule has 0 N–H and O–H groups in total. The lowest BCUT2D eigenvalue weighted by atomic mass is 10.2. The summed E-state index contributed by atoms with van der Waals surface area (Å²) in [5.41, 5.74) is 1.12. The van der Waals surface area contributed by atoms with Gasteiger partial charge in [0.25, 0.3) is 0 Å². The zero-order chi connectivity index (χ0) is 8.43. The fraction of sp³-hybridized carbons (Fsp3) is 0.250. The molecule has 0 fully saturated rings. The lowest BCUT2D eigenvalue weighted by Gasteiger charge is -1.99. The molecule has 0 saturated carbocycles. The molecule has 0 amide bonds. The smallest absolute Gasteiger partial charge is 0.0498 e. The van der Waals surface area contributed by atoms with Gasteiger partial charge in [-0.3, -0.25) is 4.21 Å². The fourth-order valence-electron chi connectivity index (χ4n) is 0.796. The Labute approximate surface area is 77.4 Å². The lowest BCUT2D eigenvalue weighted by Crippen LogP contribution is -1.87. The summed E-state index contributed by atoms with van der Waals surface area (Å²) in [5.74, 6) is 0. The fourth-order valence-corrected chi connectivity index (χ4v) is 1.65. The van der Waals surface area contributed by atoms with E-state index in [0.717, 1.165) is 14.9 Å². The average Bonchev–Trinajstić information content (AvgIpc) is 1.94. The molecule has 0 aliphatic heterocycles. The molecule has 0 aliphatic carbocycles. The highest BCUT2D eigenvalue weighted by Gasteiger charge is 1.99. The molecule has 1 rings (SSSR count). The van der Waals surface area contributed by atoms with E-state index in [2.05, 4.69) is 15.9 Å². The topological polar surface area (TPSA) is 17.1 Å². The van der Waals surface area contributed by atoms with E-state index in [1.54, 1.807) is 6.26 Å². The van der Waals surface area contributed by atoms with Gasteiger partial charge >= 0.3 is 0 Å². The quantitative estimate of drug-likeness (QED) is 0.728. The Hall–Kier alpha value is -0.150. The van der Waals surface area contributed by atoms with Gasteiger partial charge in [0, 0.05) is 26.4 Å². The Balaban J connectivity index is 3.15. The normalized spacial score (nSPS) is 13.0. The van der Waals surface area contributed by atoms with Crippen molar-refractivity contribution < 1.29 is 4.21 Å². The van der Waals surface area contributed by atoms with Gasteiger partial charge in [-0.25, -0.2) is 0 Å². The van der Waals surface area contributed by atoms with E-state index >= 15 is 0 Å². The minimum Gasteiger partial charge on any atom is -0.255 e. The summed E-state index contributed by atoms with van der Waals surface area (Å²) in [6.07, 6.45) is 1.68. The van der Waals surface area contributed by atoms with Crippen LogP contribution < -0.4 is 0 Å².